The van der Waals surface area contributed by atoms with Crippen molar-refractivity contribution in [3.05, 3.63) is 57.8 Å². The van der Waals surface area contributed by atoms with Gasteiger partial charge in [0.25, 0.3) is 0 Å². The molecule has 0 amide bonds. The molecule has 1 aromatic heterocycles. The molecule has 2 aromatic rings. The van der Waals surface area contributed by atoms with E-state index in [1.54, 1.807) is 23.6 Å². The highest BCUT2D eigenvalue weighted by Crippen LogP contribution is 2.36. The monoisotopic (exact) mass is 257 g/mol. The Kier molecular flexibility index (Phi) is 3.22. The first-order valence-corrected chi connectivity index (χ1v) is 5.83. The molecular formula is C12H10F3NS. The van der Waals surface area contributed by atoms with Crippen molar-refractivity contribution in [1.82, 2.24) is 0 Å². The van der Waals surface area contributed by atoms with Crippen LogP contribution in [-0.2, 0) is 6.18 Å². The van der Waals surface area contributed by atoms with Gasteiger partial charge in [-0.25, -0.2) is 0 Å². The highest BCUT2D eigenvalue weighted by atomic mass is 32.1. The molecule has 0 fully saturated rings. The molecule has 90 valence electrons. The highest BCUT2D eigenvalue weighted by molar-refractivity contribution is 7.10. The minimum absolute atomic E-state index is 0.113. The van der Waals surface area contributed by atoms with E-state index in [0.29, 0.717) is 0 Å². The predicted molar refractivity (Wildman–Crippen MR) is 61.8 cm³/mol. The van der Waals surface area contributed by atoms with Gasteiger partial charge in [0.15, 0.2) is 0 Å². The van der Waals surface area contributed by atoms with E-state index in [9.17, 15) is 13.2 Å². The topological polar surface area (TPSA) is 26.0 Å². The van der Waals surface area contributed by atoms with Crippen LogP contribution in [0.15, 0.2) is 41.8 Å². The Morgan fingerprint density at radius 2 is 1.76 bits per heavy atom. The lowest BCUT2D eigenvalue weighted by Crippen LogP contribution is -2.17. The molecule has 1 atom stereocenters. The van der Waals surface area contributed by atoms with Gasteiger partial charge in [0.2, 0.25) is 0 Å². The fraction of sp³-hybridized carbons (Fsp3) is 0.167. The second-order valence-corrected chi connectivity index (χ2v) is 4.56. The average Bonchev–Trinajstić information content (AvgIpc) is 2.80. The van der Waals surface area contributed by atoms with Gasteiger partial charge in [-0.1, -0.05) is 24.3 Å². The van der Waals surface area contributed by atoms with Gasteiger partial charge in [0, 0.05) is 4.88 Å². The fourth-order valence-corrected chi connectivity index (χ4v) is 2.39. The fourth-order valence-electron chi connectivity index (χ4n) is 1.65. The van der Waals surface area contributed by atoms with E-state index in [1.165, 1.54) is 23.5 Å². The number of rotatable bonds is 2. The molecule has 0 aliphatic rings. The van der Waals surface area contributed by atoms with Gasteiger partial charge in [0.05, 0.1) is 11.6 Å². The standard InChI is InChI=1S/C12H10F3NS/c13-12(14,15)9-5-2-1-4-8(9)11(16)10-6-3-7-17-10/h1-7,11H,16H2/t11-/m0/s1. The van der Waals surface area contributed by atoms with Crippen molar-refractivity contribution in [2.75, 3.05) is 0 Å². The molecule has 0 bridgehead atoms. The molecule has 0 unspecified atom stereocenters. The lowest BCUT2D eigenvalue weighted by molar-refractivity contribution is -0.138. The van der Waals surface area contributed by atoms with Crippen molar-refractivity contribution in [1.29, 1.82) is 0 Å². The van der Waals surface area contributed by atoms with Crippen molar-refractivity contribution in [2.24, 2.45) is 5.73 Å². The Morgan fingerprint density at radius 3 is 2.35 bits per heavy atom. The Bertz CT molecular complexity index is 491. The molecule has 0 radical (unpaired) electrons. The van der Waals surface area contributed by atoms with Crippen LogP contribution >= 0.6 is 11.3 Å². The van der Waals surface area contributed by atoms with Crippen LogP contribution in [-0.4, -0.2) is 0 Å². The third kappa shape index (κ3) is 2.50. The third-order valence-corrected chi connectivity index (χ3v) is 3.41. The molecular weight excluding hydrogens is 247 g/mol. The number of benzene rings is 1. The molecule has 17 heavy (non-hydrogen) atoms. The zero-order valence-electron chi connectivity index (χ0n) is 8.74. The molecule has 2 N–H and O–H groups in total. The van der Waals surface area contributed by atoms with Crippen molar-refractivity contribution in [2.45, 2.75) is 12.2 Å². The van der Waals surface area contributed by atoms with Gasteiger partial charge in [0.1, 0.15) is 0 Å². The minimum atomic E-state index is -4.37. The maximum atomic E-state index is 12.8. The minimum Gasteiger partial charge on any atom is -0.320 e. The summed E-state index contributed by atoms with van der Waals surface area (Å²) < 4.78 is 38.4. The maximum absolute atomic E-state index is 12.8. The van der Waals surface area contributed by atoms with E-state index < -0.39 is 17.8 Å². The van der Waals surface area contributed by atoms with E-state index in [1.807, 2.05) is 0 Å². The summed E-state index contributed by atoms with van der Waals surface area (Å²) in [5.74, 6) is 0. The third-order valence-electron chi connectivity index (χ3n) is 2.45. The number of nitrogens with two attached hydrogens (primary N) is 1. The summed E-state index contributed by atoms with van der Waals surface area (Å²) in [5, 5.41) is 1.80. The van der Waals surface area contributed by atoms with Gasteiger partial charge in [-0.05, 0) is 23.1 Å². The van der Waals surface area contributed by atoms with Gasteiger partial charge in [-0.3, -0.25) is 0 Å². The molecule has 1 nitrogen and oxygen atoms in total. The predicted octanol–water partition coefficient (Wildman–Crippen LogP) is 3.82. The first-order valence-electron chi connectivity index (χ1n) is 4.95. The second kappa shape index (κ2) is 4.50. The van der Waals surface area contributed by atoms with Gasteiger partial charge < -0.3 is 5.73 Å². The van der Waals surface area contributed by atoms with Crippen LogP contribution in [0.4, 0.5) is 13.2 Å². The Morgan fingerprint density at radius 1 is 1.06 bits per heavy atom. The molecule has 2 rings (SSSR count). The number of halogens is 3. The number of alkyl halides is 3. The molecule has 1 aromatic carbocycles. The molecule has 0 spiro atoms. The summed E-state index contributed by atoms with van der Waals surface area (Å²) in [6, 6.07) is 8.20. The lowest BCUT2D eigenvalue weighted by atomic mass is 9.99. The Hall–Kier alpha value is -1.33. The Labute approximate surface area is 101 Å². The van der Waals surface area contributed by atoms with Crippen LogP contribution in [0.3, 0.4) is 0 Å². The SMILES string of the molecule is N[C@H](c1cccs1)c1ccccc1C(F)(F)F. The zero-order chi connectivity index (χ0) is 12.5. The highest BCUT2D eigenvalue weighted by Gasteiger charge is 2.34. The van der Waals surface area contributed by atoms with Crippen molar-refractivity contribution in [3.63, 3.8) is 0 Å². The largest absolute Gasteiger partial charge is 0.416 e. The van der Waals surface area contributed by atoms with E-state index in [2.05, 4.69) is 0 Å². The molecule has 1 heterocycles. The van der Waals surface area contributed by atoms with Crippen LogP contribution < -0.4 is 5.73 Å². The molecule has 5 heteroatoms. The van der Waals surface area contributed by atoms with Crippen molar-refractivity contribution in [3.8, 4) is 0 Å². The summed E-state index contributed by atoms with van der Waals surface area (Å²) >= 11 is 1.35. The van der Waals surface area contributed by atoms with Crippen molar-refractivity contribution < 1.29 is 13.2 Å². The van der Waals surface area contributed by atoms with E-state index >= 15 is 0 Å². The van der Waals surface area contributed by atoms with E-state index in [0.717, 1.165) is 10.9 Å². The molecule has 0 saturated carbocycles. The van der Waals surface area contributed by atoms with Crippen molar-refractivity contribution >= 4 is 11.3 Å². The number of hydrogen-bond donors (Lipinski definition) is 1. The van der Waals surface area contributed by atoms with Gasteiger partial charge in [-0.15, -0.1) is 11.3 Å². The number of thiophene rings is 1. The smallest absolute Gasteiger partial charge is 0.320 e. The average molecular weight is 257 g/mol. The van der Waals surface area contributed by atoms with Crippen LogP contribution in [0.1, 0.15) is 22.0 Å². The van der Waals surface area contributed by atoms with Gasteiger partial charge >= 0.3 is 6.18 Å². The van der Waals surface area contributed by atoms with E-state index in [-0.39, 0.29) is 5.56 Å². The lowest BCUT2D eigenvalue weighted by Gasteiger charge is -2.17. The quantitative estimate of drug-likeness (QED) is 0.869. The summed E-state index contributed by atoms with van der Waals surface area (Å²) in [5.41, 5.74) is 5.32. The second-order valence-electron chi connectivity index (χ2n) is 3.58. The first-order chi connectivity index (χ1) is 8.00. The number of hydrogen-bond acceptors (Lipinski definition) is 2. The Balaban J connectivity index is 2.46. The zero-order valence-corrected chi connectivity index (χ0v) is 9.55. The summed E-state index contributed by atoms with van der Waals surface area (Å²) in [7, 11) is 0. The van der Waals surface area contributed by atoms with E-state index in [4.69, 9.17) is 5.73 Å². The van der Waals surface area contributed by atoms with Crippen LogP contribution in [0.25, 0.3) is 0 Å². The normalized spacial score (nSPS) is 13.6. The van der Waals surface area contributed by atoms with Crippen LogP contribution in [0, 0.1) is 0 Å². The molecule has 0 aliphatic heterocycles. The molecule has 0 aliphatic carbocycles. The maximum Gasteiger partial charge on any atom is 0.416 e. The van der Waals surface area contributed by atoms with Crippen LogP contribution in [0.2, 0.25) is 0 Å². The summed E-state index contributed by atoms with van der Waals surface area (Å²) in [6.07, 6.45) is -4.37. The summed E-state index contributed by atoms with van der Waals surface area (Å²) in [4.78, 5) is 0.724. The first kappa shape index (κ1) is 12.1. The van der Waals surface area contributed by atoms with Gasteiger partial charge in [-0.2, -0.15) is 13.2 Å². The van der Waals surface area contributed by atoms with Crippen LogP contribution in [0.5, 0.6) is 0 Å². The summed E-state index contributed by atoms with van der Waals surface area (Å²) in [6.45, 7) is 0. The molecule has 0 saturated heterocycles.